The molecule has 1 saturated heterocycles. The number of thiophene rings is 1. The molecule has 0 bridgehead atoms. The highest BCUT2D eigenvalue weighted by molar-refractivity contribution is 7.10. The van der Waals surface area contributed by atoms with Crippen LogP contribution in [-0.2, 0) is 13.1 Å². The van der Waals surface area contributed by atoms with Gasteiger partial charge in [-0.2, -0.15) is 0 Å². The van der Waals surface area contributed by atoms with E-state index in [4.69, 9.17) is 0 Å². The van der Waals surface area contributed by atoms with E-state index in [2.05, 4.69) is 66.9 Å². The zero-order chi connectivity index (χ0) is 17.8. The largest absolute Gasteiger partial charge is 0.333 e. The SMILES string of the molecule is Cc1ccsc1CNC(=O)N1CCC[C@@H]1c1ccc(CN(C)C)cc1. The lowest BCUT2D eigenvalue weighted by atomic mass is 10.0. The number of nitrogens with one attached hydrogen (secondary N) is 1. The van der Waals surface area contributed by atoms with Gasteiger partial charge in [0, 0.05) is 18.0 Å². The van der Waals surface area contributed by atoms with Crippen LogP contribution in [-0.4, -0.2) is 36.5 Å². The van der Waals surface area contributed by atoms with Crippen LogP contribution in [0.5, 0.6) is 0 Å². The Morgan fingerprint density at radius 3 is 2.68 bits per heavy atom. The van der Waals surface area contributed by atoms with E-state index in [9.17, 15) is 4.79 Å². The molecule has 4 nitrogen and oxygen atoms in total. The molecule has 134 valence electrons. The summed E-state index contributed by atoms with van der Waals surface area (Å²) in [6, 6.07) is 11.1. The molecule has 0 aliphatic carbocycles. The van der Waals surface area contributed by atoms with Crippen LogP contribution in [0.25, 0.3) is 0 Å². The minimum atomic E-state index is 0.0488. The second-order valence-corrected chi connectivity index (χ2v) is 8.02. The summed E-state index contributed by atoms with van der Waals surface area (Å²) < 4.78 is 0. The standard InChI is InChI=1S/C20H27N3OS/c1-15-10-12-25-19(15)13-21-20(24)23-11-4-5-18(23)17-8-6-16(7-9-17)14-22(2)3/h6-10,12,18H,4-5,11,13-14H2,1-3H3,(H,21,24)/t18-/m1/s1. The van der Waals surface area contributed by atoms with Crippen LogP contribution >= 0.6 is 11.3 Å². The first kappa shape index (κ1) is 18.0. The summed E-state index contributed by atoms with van der Waals surface area (Å²) in [4.78, 5) is 18.0. The van der Waals surface area contributed by atoms with Gasteiger partial charge >= 0.3 is 6.03 Å². The summed E-state index contributed by atoms with van der Waals surface area (Å²) in [5.74, 6) is 0. The second-order valence-electron chi connectivity index (χ2n) is 7.02. The number of carbonyl (C=O) groups excluding carboxylic acids is 1. The molecule has 2 amide bonds. The van der Waals surface area contributed by atoms with Gasteiger partial charge in [-0.15, -0.1) is 11.3 Å². The molecule has 5 heteroatoms. The van der Waals surface area contributed by atoms with Gasteiger partial charge in [-0.1, -0.05) is 24.3 Å². The van der Waals surface area contributed by atoms with Gasteiger partial charge < -0.3 is 15.1 Å². The predicted octanol–water partition coefficient (Wildman–Crippen LogP) is 4.16. The van der Waals surface area contributed by atoms with Crippen molar-refractivity contribution in [3.8, 4) is 0 Å². The van der Waals surface area contributed by atoms with Crippen molar-refractivity contribution in [3.63, 3.8) is 0 Å². The summed E-state index contributed by atoms with van der Waals surface area (Å²) in [6.45, 7) is 4.48. The zero-order valence-electron chi connectivity index (χ0n) is 15.3. The fourth-order valence-electron chi connectivity index (χ4n) is 3.41. The average molecular weight is 358 g/mol. The molecule has 0 spiro atoms. The van der Waals surface area contributed by atoms with Crippen LogP contribution in [0.15, 0.2) is 35.7 Å². The number of urea groups is 1. The third kappa shape index (κ3) is 4.41. The van der Waals surface area contributed by atoms with Gasteiger partial charge in [0.25, 0.3) is 0 Å². The number of hydrogen-bond acceptors (Lipinski definition) is 3. The van der Waals surface area contributed by atoms with E-state index in [1.54, 1.807) is 11.3 Å². The van der Waals surface area contributed by atoms with E-state index in [1.807, 2.05) is 4.90 Å². The molecular weight excluding hydrogens is 330 g/mol. The first-order valence-corrected chi connectivity index (χ1v) is 9.73. The topological polar surface area (TPSA) is 35.6 Å². The summed E-state index contributed by atoms with van der Waals surface area (Å²) >= 11 is 1.70. The Hall–Kier alpha value is -1.85. The van der Waals surface area contributed by atoms with Crippen molar-refractivity contribution in [1.82, 2.24) is 15.1 Å². The van der Waals surface area contributed by atoms with Crippen molar-refractivity contribution in [3.05, 3.63) is 57.3 Å². The Balaban J connectivity index is 1.63. The molecule has 0 saturated carbocycles. The van der Waals surface area contributed by atoms with Gasteiger partial charge in [0.1, 0.15) is 0 Å². The van der Waals surface area contributed by atoms with Gasteiger partial charge in [-0.3, -0.25) is 0 Å². The molecule has 2 aromatic rings. The lowest BCUT2D eigenvalue weighted by Gasteiger charge is -2.25. The fourth-order valence-corrected chi connectivity index (χ4v) is 4.26. The maximum Gasteiger partial charge on any atom is 0.318 e. The van der Waals surface area contributed by atoms with Crippen molar-refractivity contribution >= 4 is 17.4 Å². The molecule has 0 radical (unpaired) electrons. The van der Waals surface area contributed by atoms with Crippen LogP contribution in [0.1, 0.15) is 40.5 Å². The molecule has 1 aromatic carbocycles. The van der Waals surface area contributed by atoms with Crippen LogP contribution in [0.2, 0.25) is 0 Å². The number of amides is 2. The smallest absolute Gasteiger partial charge is 0.318 e. The summed E-state index contributed by atoms with van der Waals surface area (Å²) in [7, 11) is 4.15. The van der Waals surface area contributed by atoms with Crippen LogP contribution in [0.3, 0.4) is 0 Å². The van der Waals surface area contributed by atoms with Crippen molar-refractivity contribution < 1.29 is 4.79 Å². The number of nitrogens with zero attached hydrogens (tertiary/aromatic N) is 2. The fraction of sp³-hybridized carbons (Fsp3) is 0.450. The minimum Gasteiger partial charge on any atom is -0.333 e. The predicted molar refractivity (Wildman–Crippen MR) is 104 cm³/mol. The van der Waals surface area contributed by atoms with E-state index in [1.165, 1.54) is 21.6 Å². The van der Waals surface area contributed by atoms with Crippen molar-refractivity contribution in [2.75, 3.05) is 20.6 Å². The van der Waals surface area contributed by atoms with Crippen molar-refractivity contribution in [2.45, 2.75) is 38.9 Å². The number of rotatable bonds is 5. The quantitative estimate of drug-likeness (QED) is 0.872. The molecule has 1 aliphatic rings. The summed E-state index contributed by atoms with van der Waals surface area (Å²) in [5, 5.41) is 5.17. The number of carbonyl (C=O) groups is 1. The van der Waals surface area contributed by atoms with Gasteiger partial charge in [-0.05, 0) is 62.0 Å². The van der Waals surface area contributed by atoms with Crippen LogP contribution < -0.4 is 5.32 Å². The molecule has 2 heterocycles. The van der Waals surface area contributed by atoms with Gasteiger partial charge in [0.2, 0.25) is 0 Å². The Labute approximate surface area is 154 Å². The highest BCUT2D eigenvalue weighted by Crippen LogP contribution is 2.32. The molecule has 1 atom stereocenters. The molecule has 3 rings (SSSR count). The van der Waals surface area contributed by atoms with E-state index in [0.29, 0.717) is 6.54 Å². The zero-order valence-corrected chi connectivity index (χ0v) is 16.1. The molecule has 1 N–H and O–H groups in total. The summed E-state index contributed by atoms with van der Waals surface area (Å²) in [6.07, 6.45) is 2.11. The highest BCUT2D eigenvalue weighted by Gasteiger charge is 2.29. The third-order valence-electron chi connectivity index (χ3n) is 4.75. The molecule has 1 aromatic heterocycles. The maximum atomic E-state index is 12.7. The lowest BCUT2D eigenvalue weighted by molar-refractivity contribution is 0.192. The highest BCUT2D eigenvalue weighted by atomic mass is 32.1. The second kappa shape index (κ2) is 8.02. The van der Waals surface area contributed by atoms with E-state index in [-0.39, 0.29) is 12.1 Å². The number of aryl methyl sites for hydroxylation is 1. The van der Waals surface area contributed by atoms with Gasteiger partial charge in [-0.25, -0.2) is 4.79 Å². The van der Waals surface area contributed by atoms with Gasteiger partial charge in [0.05, 0.1) is 12.6 Å². The first-order valence-electron chi connectivity index (χ1n) is 8.85. The number of hydrogen-bond donors (Lipinski definition) is 1. The average Bonchev–Trinajstić information content (AvgIpc) is 3.22. The summed E-state index contributed by atoms with van der Waals surface area (Å²) in [5.41, 5.74) is 3.79. The Bertz CT molecular complexity index is 708. The van der Waals surface area contributed by atoms with Gasteiger partial charge in [0.15, 0.2) is 0 Å². The maximum absolute atomic E-state index is 12.7. The molecule has 0 unspecified atom stereocenters. The van der Waals surface area contributed by atoms with E-state index >= 15 is 0 Å². The van der Waals surface area contributed by atoms with Crippen LogP contribution in [0.4, 0.5) is 4.79 Å². The monoisotopic (exact) mass is 357 g/mol. The van der Waals surface area contributed by atoms with Crippen molar-refractivity contribution in [2.24, 2.45) is 0 Å². The lowest BCUT2D eigenvalue weighted by Crippen LogP contribution is -2.39. The number of benzene rings is 1. The Morgan fingerprint density at radius 1 is 1.28 bits per heavy atom. The van der Waals surface area contributed by atoms with E-state index in [0.717, 1.165) is 25.9 Å². The molecular formula is C20H27N3OS. The first-order chi connectivity index (χ1) is 12.0. The molecule has 25 heavy (non-hydrogen) atoms. The molecule has 1 aliphatic heterocycles. The Kier molecular flexibility index (Phi) is 5.76. The molecule has 1 fully saturated rings. The van der Waals surface area contributed by atoms with Crippen molar-refractivity contribution in [1.29, 1.82) is 0 Å². The normalized spacial score (nSPS) is 17.3. The number of likely N-dealkylation sites (tertiary alicyclic amines) is 1. The van der Waals surface area contributed by atoms with E-state index < -0.39 is 0 Å². The third-order valence-corrected chi connectivity index (χ3v) is 5.77. The Morgan fingerprint density at radius 2 is 2.04 bits per heavy atom. The van der Waals surface area contributed by atoms with Crippen LogP contribution in [0, 0.1) is 6.92 Å². The minimum absolute atomic E-state index is 0.0488.